The van der Waals surface area contributed by atoms with Gasteiger partial charge in [-0.3, -0.25) is 0 Å². The maximum absolute atomic E-state index is 5.00. The zero-order valence-corrected chi connectivity index (χ0v) is 5.02. The van der Waals surface area contributed by atoms with Gasteiger partial charge in [0.1, 0.15) is 11.3 Å². The average Bonchev–Trinajstić information content (AvgIpc) is 2.15. The van der Waals surface area contributed by atoms with Crippen LogP contribution in [0.2, 0.25) is 0 Å². The highest BCUT2D eigenvalue weighted by Gasteiger charge is 2.16. The summed E-state index contributed by atoms with van der Waals surface area (Å²) in [5.41, 5.74) is 0. The van der Waals surface area contributed by atoms with Crippen LogP contribution in [0.25, 0.3) is 0 Å². The molecule has 0 aromatic rings. The Morgan fingerprint density at radius 1 is 1.75 bits per heavy atom. The molecule has 0 aliphatic carbocycles. The lowest BCUT2D eigenvalue weighted by atomic mass is 10.8. The Hall–Kier alpha value is -0.570. The van der Waals surface area contributed by atoms with Crippen molar-refractivity contribution in [2.24, 2.45) is 0 Å². The zero-order chi connectivity index (χ0) is 5.40. The molecule has 0 radical (unpaired) electrons. The summed E-state index contributed by atoms with van der Waals surface area (Å²) in [6.07, 6.45) is 3.80. The molecule has 0 fully saturated rings. The van der Waals surface area contributed by atoms with Gasteiger partial charge in [-0.2, -0.15) is 0 Å². The number of rotatable bonds is 0. The second-order valence-electron chi connectivity index (χ2n) is 1.62. The fourth-order valence-electron chi connectivity index (χ4n) is 0.706. The van der Waals surface area contributed by atoms with Crippen LogP contribution in [-0.4, -0.2) is 11.6 Å². The molecule has 0 saturated heterocycles. The summed E-state index contributed by atoms with van der Waals surface area (Å²) in [6.45, 7) is 0.693. The number of fused-ring (bicyclic) bond motifs is 1. The molecule has 3 heteroatoms. The van der Waals surface area contributed by atoms with E-state index >= 15 is 0 Å². The van der Waals surface area contributed by atoms with Gasteiger partial charge in [0.2, 0.25) is 0 Å². The van der Waals surface area contributed by atoms with Crippen molar-refractivity contribution in [2.45, 2.75) is 0 Å². The van der Waals surface area contributed by atoms with E-state index in [9.17, 15) is 0 Å². The normalized spacial score (nSPS) is 23.0. The van der Waals surface area contributed by atoms with Crippen LogP contribution in [-0.2, 0) is 4.74 Å². The Bertz CT molecular complexity index is 164. The molecule has 0 atom stereocenters. The minimum absolute atomic E-state index is 0.693. The summed E-state index contributed by atoms with van der Waals surface area (Å²) in [5, 5.41) is 3.25. The first-order chi connectivity index (χ1) is 3.97. The van der Waals surface area contributed by atoms with Crippen LogP contribution >= 0.6 is 11.8 Å². The van der Waals surface area contributed by atoms with E-state index in [4.69, 9.17) is 4.74 Å². The highest BCUT2D eigenvalue weighted by atomic mass is 32.2. The third-order valence-electron chi connectivity index (χ3n) is 1.11. The van der Waals surface area contributed by atoms with E-state index in [1.54, 1.807) is 18.0 Å². The quantitative estimate of drug-likeness (QED) is 0.486. The van der Waals surface area contributed by atoms with Crippen molar-refractivity contribution in [1.29, 1.82) is 0 Å². The van der Waals surface area contributed by atoms with Crippen LogP contribution in [0.4, 0.5) is 0 Å². The highest BCUT2D eigenvalue weighted by Crippen LogP contribution is 2.31. The minimum Gasteiger partial charge on any atom is -0.478 e. The third kappa shape index (κ3) is 0.448. The first kappa shape index (κ1) is 4.32. The molecule has 0 bridgehead atoms. The Balaban J connectivity index is 2.28. The highest BCUT2D eigenvalue weighted by molar-refractivity contribution is 8.06. The Morgan fingerprint density at radius 3 is 3.62 bits per heavy atom. The molecule has 0 unspecified atom stereocenters. The van der Waals surface area contributed by atoms with Crippen LogP contribution in [0.1, 0.15) is 0 Å². The smallest absolute Gasteiger partial charge is 0.164 e. The third-order valence-corrected chi connectivity index (χ3v) is 1.94. The van der Waals surface area contributed by atoms with Gasteiger partial charge in [-0.25, -0.2) is 0 Å². The summed E-state index contributed by atoms with van der Waals surface area (Å²) in [7, 11) is 0. The van der Waals surface area contributed by atoms with Crippen LogP contribution in [0.5, 0.6) is 0 Å². The summed E-state index contributed by atoms with van der Waals surface area (Å²) in [6, 6.07) is 0. The lowest BCUT2D eigenvalue weighted by Gasteiger charge is -2.04. The van der Waals surface area contributed by atoms with Crippen LogP contribution in [0.3, 0.4) is 0 Å². The number of ether oxygens (including phenoxy) is 1. The van der Waals surface area contributed by atoms with Gasteiger partial charge in [0.25, 0.3) is 0 Å². The summed E-state index contributed by atoms with van der Waals surface area (Å²) < 4.78 is 5.00. The van der Waals surface area contributed by atoms with Crippen molar-refractivity contribution in [3.63, 3.8) is 0 Å². The van der Waals surface area contributed by atoms with Gasteiger partial charge in [-0.15, -0.1) is 0 Å². The average molecular weight is 127 g/mol. The van der Waals surface area contributed by atoms with Gasteiger partial charge in [0.05, 0.1) is 0 Å². The molecule has 2 nitrogen and oxygen atoms in total. The Labute approximate surface area is 51.8 Å². The molecule has 2 rings (SSSR count). The van der Waals surface area contributed by atoms with Gasteiger partial charge < -0.3 is 9.64 Å². The number of hydrogen-bond acceptors (Lipinski definition) is 3. The lowest BCUT2D eigenvalue weighted by Crippen LogP contribution is -2.06. The van der Waals surface area contributed by atoms with Crippen molar-refractivity contribution >= 4 is 11.8 Å². The summed E-state index contributed by atoms with van der Waals surface area (Å²) in [4.78, 5) is 2.06. The van der Waals surface area contributed by atoms with E-state index in [0.717, 1.165) is 0 Å². The SMILES string of the molecule is C1=CN2COC=C2S1. The van der Waals surface area contributed by atoms with Crippen molar-refractivity contribution in [3.05, 3.63) is 22.9 Å². The van der Waals surface area contributed by atoms with Gasteiger partial charge in [0.15, 0.2) is 6.73 Å². The largest absolute Gasteiger partial charge is 0.478 e. The first-order valence-electron chi connectivity index (χ1n) is 2.38. The molecule has 0 aromatic carbocycles. The molecule has 8 heavy (non-hydrogen) atoms. The van der Waals surface area contributed by atoms with Crippen LogP contribution in [0.15, 0.2) is 22.9 Å². The van der Waals surface area contributed by atoms with Gasteiger partial charge in [-0.1, -0.05) is 11.8 Å². The van der Waals surface area contributed by atoms with Gasteiger partial charge in [-0.05, 0) is 5.41 Å². The van der Waals surface area contributed by atoms with E-state index in [1.807, 2.05) is 11.6 Å². The van der Waals surface area contributed by atoms with E-state index in [1.165, 1.54) is 5.03 Å². The molecule has 0 saturated carbocycles. The number of nitrogens with zero attached hydrogens (tertiary/aromatic N) is 1. The van der Waals surface area contributed by atoms with Crippen molar-refractivity contribution < 1.29 is 4.74 Å². The first-order valence-corrected chi connectivity index (χ1v) is 3.26. The second kappa shape index (κ2) is 1.45. The minimum atomic E-state index is 0.693. The molecule has 42 valence electrons. The van der Waals surface area contributed by atoms with E-state index < -0.39 is 0 Å². The second-order valence-corrected chi connectivity index (χ2v) is 2.55. The van der Waals surface area contributed by atoms with Crippen LogP contribution < -0.4 is 0 Å². The molecular weight excluding hydrogens is 122 g/mol. The Morgan fingerprint density at radius 2 is 2.75 bits per heavy atom. The Kier molecular flexibility index (Phi) is 0.784. The van der Waals surface area contributed by atoms with E-state index in [2.05, 4.69) is 4.90 Å². The van der Waals surface area contributed by atoms with E-state index in [-0.39, 0.29) is 0 Å². The molecule has 2 heterocycles. The monoisotopic (exact) mass is 127 g/mol. The number of hydrogen-bond donors (Lipinski definition) is 0. The van der Waals surface area contributed by atoms with Crippen molar-refractivity contribution in [2.75, 3.05) is 6.73 Å². The standard InChI is InChI=1S/C5H5NOS/c1-2-8-5-3-7-4-6(1)5/h1-3H,4H2. The van der Waals surface area contributed by atoms with Crippen LogP contribution in [0, 0.1) is 0 Å². The fourth-order valence-corrected chi connectivity index (χ4v) is 1.43. The lowest BCUT2D eigenvalue weighted by molar-refractivity contribution is 0.204. The van der Waals surface area contributed by atoms with Gasteiger partial charge in [0, 0.05) is 6.20 Å². The molecule has 0 amide bonds. The summed E-state index contributed by atoms with van der Waals surface area (Å²) in [5.74, 6) is 0. The zero-order valence-electron chi connectivity index (χ0n) is 4.20. The molecule has 2 aliphatic heterocycles. The molecule has 2 aliphatic rings. The molecule has 0 spiro atoms. The topological polar surface area (TPSA) is 12.5 Å². The molecule has 0 N–H and O–H groups in total. The van der Waals surface area contributed by atoms with Crippen molar-refractivity contribution in [1.82, 2.24) is 4.90 Å². The predicted molar refractivity (Wildman–Crippen MR) is 32.6 cm³/mol. The molecular formula is C5H5NOS. The van der Waals surface area contributed by atoms with Crippen molar-refractivity contribution in [3.8, 4) is 0 Å². The number of thioether (sulfide) groups is 1. The predicted octanol–water partition coefficient (Wildman–Crippen LogP) is 1.29. The fraction of sp³-hybridized carbons (Fsp3) is 0.200. The van der Waals surface area contributed by atoms with E-state index in [0.29, 0.717) is 6.73 Å². The maximum Gasteiger partial charge on any atom is 0.164 e. The summed E-state index contributed by atoms with van der Waals surface area (Å²) >= 11 is 1.69. The van der Waals surface area contributed by atoms with Gasteiger partial charge >= 0.3 is 0 Å². The maximum atomic E-state index is 5.00. The molecule has 0 aromatic heterocycles.